The number of halogens is 1. The van der Waals surface area contributed by atoms with Crippen LogP contribution in [0.15, 0.2) is 47.9 Å². The molecule has 7 heteroatoms. The largest absolute Gasteiger partial charge is 0.376 e. The Balaban J connectivity index is 1.46. The lowest BCUT2D eigenvalue weighted by atomic mass is 10.2. The highest BCUT2D eigenvalue weighted by Crippen LogP contribution is 2.25. The Labute approximate surface area is 173 Å². The number of ketones is 1. The van der Waals surface area contributed by atoms with E-state index < -0.39 is 0 Å². The number of thioether (sulfide) groups is 1. The van der Waals surface area contributed by atoms with Crippen LogP contribution < -0.4 is 0 Å². The first-order chi connectivity index (χ1) is 14.0. The molecule has 0 spiro atoms. The molecule has 1 fully saturated rings. The molecule has 5 nitrogen and oxygen atoms in total. The molecular formula is C22H24FN3O2S. The number of carbonyl (C=O) groups excluding carboxylic acids is 1. The zero-order valence-corrected chi connectivity index (χ0v) is 17.4. The maximum Gasteiger partial charge on any atom is 0.175 e. The van der Waals surface area contributed by atoms with Crippen molar-refractivity contribution >= 4 is 17.5 Å². The maximum atomic E-state index is 13.6. The van der Waals surface area contributed by atoms with Crippen molar-refractivity contribution in [3.05, 3.63) is 65.5 Å². The molecule has 0 amide bonds. The minimum Gasteiger partial charge on any atom is -0.376 e. The van der Waals surface area contributed by atoms with Gasteiger partial charge in [-0.15, -0.1) is 0 Å². The summed E-state index contributed by atoms with van der Waals surface area (Å²) < 4.78 is 23.3. The first-order valence-electron chi connectivity index (χ1n) is 9.76. The number of hydrogen-bond acceptors (Lipinski definition) is 4. The van der Waals surface area contributed by atoms with Gasteiger partial charge in [-0.25, -0.2) is 9.37 Å². The molecule has 0 radical (unpaired) electrons. The molecule has 4 rings (SSSR count). The summed E-state index contributed by atoms with van der Waals surface area (Å²) >= 11 is 1.36. The van der Waals surface area contributed by atoms with Crippen LogP contribution in [0.25, 0.3) is 5.69 Å². The van der Waals surface area contributed by atoms with Crippen LogP contribution >= 0.6 is 11.8 Å². The van der Waals surface area contributed by atoms with Gasteiger partial charge in [0.25, 0.3) is 0 Å². The summed E-state index contributed by atoms with van der Waals surface area (Å²) in [6.07, 6.45) is 5.83. The van der Waals surface area contributed by atoms with Crippen molar-refractivity contribution in [2.45, 2.75) is 44.5 Å². The first-order valence-corrected chi connectivity index (χ1v) is 10.7. The normalized spacial score (nSPS) is 16.4. The van der Waals surface area contributed by atoms with Crippen LogP contribution in [0.3, 0.4) is 0 Å². The Morgan fingerprint density at radius 1 is 1.34 bits per heavy atom. The fourth-order valence-electron chi connectivity index (χ4n) is 3.78. The molecule has 29 heavy (non-hydrogen) atoms. The number of rotatable bonds is 7. The molecule has 0 N–H and O–H groups in total. The monoisotopic (exact) mass is 413 g/mol. The van der Waals surface area contributed by atoms with Gasteiger partial charge in [0.15, 0.2) is 10.9 Å². The lowest BCUT2D eigenvalue weighted by molar-refractivity contribution is 0.0957. The van der Waals surface area contributed by atoms with Crippen molar-refractivity contribution in [1.82, 2.24) is 14.1 Å². The van der Waals surface area contributed by atoms with Crippen LogP contribution in [0.5, 0.6) is 0 Å². The molecular weight excluding hydrogens is 389 g/mol. The number of Topliss-reactive ketones (excluding diaryl/α,β-unsaturated/α-hetero) is 1. The van der Waals surface area contributed by atoms with Gasteiger partial charge in [-0.3, -0.25) is 9.36 Å². The second kappa shape index (κ2) is 8.55. The van der Waals surface area contributed by atoms with E-state index in [0.717, 1.165) is 42.9 Å². The third-order valence-corrected chi connectivity index (χ3v) is 6.28. The van der Waals surface area contributed by atoms with Crippen molar-refractivity contribution in [3.8, 4) is 5.69 Å². The number of hydrogen-bond donors (Lipinski definition) is 0. The van der Waals surface area contributed by atoms with E-state index in [1.165, 1.54) is 23.9 Å². The number of benzene rings is 1. The van der Waals surface area contributed by atoms with Crippen LogP contribution in [0.2, 0.25) is 0 Å². The molecule has 1 aromatic carbocycles. The molecule has 0 bridgehead atoms. The average molecular weight is 414 g/mol. The topological polar surface area (TPSA) is 49.0 Å². The van der Waals surface area contributed by atoms with Crippen LogP contribution in [0.1, 0.15) is 34.6 Å². The Kier molecular flexibility index (Phi) is 5.87. The van der Waals surface area contributed by atoms with Gasteiger partial charge in [-0.05, 0) is 51.0 Å². The van der Waals surface area contributed by atoms with Crippen LogP contribution in [0.4, 0.5) is 4.39 Å². The lowest BCUT2D eigenvalue weighted by Gasteiger charge is -2.14. The third kappa shape index (κ3) is 4.31. The van der Waals surface area contributed by atoms with Gasteiger partial charge in [-0.1, -0.05) is 17.8 Å². The van der Waals surface area contributed by atoms with E-state index in [4.69, 9.17) is 4.74 Å². The standard InChI is InChI=1S/C22H24FN3O2S/c1-15-11-20(16(2)26(15)13-19-7-4-10-28-19)21(27)14-29-22-24-8-9-25(22)18-6-3-5-17(23)12-18/h3,5-6,8-9,11-12,19H,4,7,10,13-14H2,1-2H3/t19-/m0/s1. The zero-order chi connectivity index (χ0) is 20.4. The van der Waals surface area contributed by atoms with Gasteiger partial charge >= 0.3 is 0 Å². The predicted octanol–water partition coefficient (Wildman–Crippen LogP) is 4.58. The number of nitrogens with zero attached hydrogens (tertiary/aromatic N) is 3. The van der Waals surface area contributed by atoms with Gasteiger partial charge in [0.05, 0.1) is 17.5 Å². The summed E-state index contributed by atoms with van der Waals surface area (Å²) in [5.74, 6) is 0.0358. The van der Waals surface area contributed by atoms with E-state index in [-0.39, 0.29) is 23.5 Å². The fraction of sp³-hybridized carbons (Fsp3) is 0.364. The van der Waals surface area contributed by atoms with E-state index >= 15 is 0 Å². The highest BCUT2D eigenvalue weighted by Gasteiger charge is 2.21. The molecule has 1 saturated heterocycles. The van der Waals surface area contributed by atoms with Crippen molar-refractivity contribution < 1.29 is 13.9 Å². The summed E-state index contributed by atoms with van der Waals surface area (Å²) in [5, 5.41) is 0.664. The fourth-order valence-corrected chi connectivity index (χ4v) is 4.64. The van der Waals surface area contributed by atoms with Gasteiger partial charge in [0, 0.05) is 42.5 Å². The smallest absolute Gasteiger partial charge is 0.175 e. The summed E-state index contributed by atoms with van der Waals surface area (Å²) in [5.41, 5.74) is 3.49. The number of ether oxygens (including phenoxy) is 1. The predicted molar refractivity (Wildman–Crippen MR) is 111 cm³/mol. The summed E-state index contributed by atoms with van der Waals surface area (Å²) in [6.45, 7) is 5.64. The molecule has 1 aliphatic rings. The van der Waals surface area contributed by atoms with Crippen LogP contribution in [-0.2, 0) is 11.3 Å². The molecule has 0 aliphatic carbocycles. The average Bonchev–Trinajstić information content (AvgIpc) is 3.44. The zero-order valence-electron chi connectivity index (χ0n) is 16.6. The number of aromatic nitrogens is 3. The minimum atomic E-state index is -0.304. The van der Waals surface area contributed by atoms with E-state index in [0.29, 0.717) is 10.8 Å². The van der Waals surface area contributed by atoms with E-state index in [9.17, 15) is 9.18 Å². The Morgan fingerprint density at radius 2 is 2.21 bits per heavy atom. The van der Waals surface area contributed by atoms with Crippen molar-refractivity contribution in [2.24, 2.45) is 0 Å². The quantitative estimate of drug-likeness (QED) is 0.420. The molecule has 0 unspecified atom stereocenters. The van der Waals surface area contributed by atoms with E-state index in [1.807, 2.05) is 26.0 Å². The molecule has 0 saturated carbocycles. The summed E-state index contributed by atoms with van der Waals surface area (Å²) in [4.78, 5) is 17.2. The van der Waals surface area contributed by atoms with E-state index in [2.05, 4.69) is 9.55 Å². The molecule has 1 aliphatic heterocycles. The molecule has 152 valence electrons. The number of carbonyl (C=O) groups is 1. The lowest BCUT2D eigenvalue weighted by Crippen LogP contribution is -2.17. The van der Waals surface area contributed by atoms with Gasteiger partial charge in [0.1, 0.15) is 5.82 Å². The van der Waals surface area contributed by atoms with Crippen molar-refractivity contribution in [3.63, 3.8) is 0 Å². The van der Waals surface area contributed by atoms with Crippen LogP contribution in [0, 0.1) is 19.7 Å². The van der Waals surface area contributed by atoms with Gasteiger partial charge in [-0.2, -0.15) is 0 Å². The first kappa shape index (κ1) is 19.9. The SMILES string of the molecule is Cc1cc(C(=O)CSc2nccn2-c2cccc(F)c2)c(C)n1C[C@@H]1CCCO1. The Bertz CT molecular complexity index is 1020. The number of aryl methyl sites for hydroxylation is 1. The molecule has 3 heterocycles. The van der Waals surface area contributed by atoms with Gasteiger partial charge < -0.3 is 9.30 Å². The third-order valence-electron chi connectivity index (χ3n) is 5.31. The number of imidazole rings is 1. The highest BCUT2D eigenvalue weighted by atomic mass is 32.2. The molecule has 3 aromatic rings. The Hall–Kier alpha value is -2.38. The van der Waals surface area contributed by atoms with Crippen molar-refractivity contribution in [1.29, 1.82) is 0 Å². The minimum absolute atomic E-state index is 0.0653. The summed E-state index contributed by atoms with van der Waals surface area (Å²) in [6, 6.07) is 8.30. The Morgan fingerprint density at radius 3 is 2.97 bits per heavy atom. The second-order valence-electron chi connectivity index (χ2n) is 7.30. The van der Waals surface area contributed by atoms with Gasteiger partial charge in [0.2, 0.25) is 0 Å². The summed E-state index contributed by atoms with van der Waals surface area (Å²) in [7, 11) is 0. The van der Waals surface area contributed by atoms with Crippen molar-refractivity contribution in [2.75, 3.05) is 12.4 Å². The highest BCUT2D eigenvalue weighted by molar-refractivity contribution is 7.99. The molecule has 2 aromatic heterocycles. The second-order valence-corrected chi connectivity index (χ2v) is 8.24. The van der Waals surface area contributed by atoms with E-state index in [1.54, 1.807) is 23.0 Å². The van der Waals surface area contributed by atoms with Crippen LogP contribution in [-0.4, -0.2) is 38.4 Å². The molecule has 1 atom stereocenters. The maximum absolute atomic E-state index is 13.6.